The number of nitrogens with one attached hydrogen (secondary N) is 2. The van der Waals surface area contributed by atoms with Gasteiger partial charge in [-0.05, 0) is 36.4 Å². The molecule has 0 radical (unpaired) electrons. The van der Waals surface area contributed by atoms with Crippen molar-refractivity contribution in [3.05, 3.63) is 51.5 Å². The highest BCUT2D eigenvalue weighted by atomic mass is 35.5. The van der Waals surface area contributed by atoms with Gasteiger partial charge >= 0.3 is 6.03 Å². The smallest absolute Gasteiger partial charge is 0.323 e. The molecular formula is C13H10Cl3N3O. The third kappa shape index (κ3) is 3.70. The molecule has 0 spiro atoms. The topological polar surface area (TPSA) is 67.1 Å². The van der Waals surface area contributed by atoms with E-state index in [0.29, 0.717) is 32.1 Å². The van der Waals surface area contributed by atoms with Crippen LogP contribution in [0.4, 0.5) is 21.9 Å². The molecule has 0 aliphatic rings. The summed E-state index contributed by atoms with van der Waals surface area (Å²) in [4.78, 5) is 11.9. The molecule has 0 heterocycles. The lowest BCUT2D eigenvalue weighted by molar-refractivity contribution is 0.262. The Morgan fingerprint density at radius 1 is 0.900 bits per heavy atom. The molecule has 4 N–H and O–H groups in total. The number of urea groups is 1. The van der Waals surface area contributed by atoms with Crippen LogP contribution < -0.4 is 16.4 Å². The van der Waals surface area contributed by atoms with E-state index in [1.54, 1.807) is 36.4 Å². The number of amides is 2. The SMILES string of the molecule is Nc1cc(Cl)ccc1NC(=O)Nc1cc(Cl)ccc1Cl. The Morgan fingerprint density at radius 2 is 1.50 bits per heavy atom. The van der Waals surface area contributed by atoms with Crippen LogP contribution in [0.3, 0.4) is 0 Å². The standard InChI is InChI=1S/C13H10Cl3N3O/c14-7-2-4-11(10(17)5-7)18-13(20)19-12-6-8(15)1-3-9(12)16/h1-6H,17H2,(H2,18,19,20). The summed E-state index contributed by atoms with van der Waals surface area (Å²) in [5.41, 5.74) is 6.96. The maximum atomic E-state index is 11.9. The van der Waals surface area contributed by atoms with Gasteiger partial charge in [-0.2, -0.15) is 0 Å². The Hall–Kier alpha value is -1.62. The molecule has 2 rings (SSSR count). The molecule has 20 heavy (non-hydrogen) atoms. The first-order valence-electron chi connectivity index (χ1n) is 5.54. The molecule has 104 valence electrons. The molecule has 4 nitrogen and oxygen atoms in total. The molecule has 0 saturated carbocycles. The predicted molar refractivity (Wildman–Crippen MR) is 85.0 cm³/mol. The van der Waals surface area contributed by atoms with E-state index in [2.05, 4.69) is 10.6 Å². The normalized spacial score (nSPS) is 10.2. The van der Waals surface area contributed by atoms with Crippen molar-refractivity contribution in [2.75, 3.05) is 16.4 Å². The molecule has 2 aromatic carbocycles. The summed E-state index contributed by atoms with van der Waals surface area (Å²) in [5.74, 6) is 0. The molecule has 0 bridgehead atoms. The Kier molecular flexibility index (Phi) is 4.60. The van der Waals surface area contributed by atoms with Crippen molar-refractivity contribution in [2.45, 2.75) is 0 Å². The van der Waals surface area contributed by atoms with Crippen LogP contribution in [0.15, 0.2) is 36.4 Å². The van der Waals surface area contributed by atoms with Crippen LogP contribution in [-0.4, -0.2) is 6.03 Å². The Bertz CT molecular complexity index is 661. The van der Waals surface area contributed by atoms with E-state index in [1.807, 2.05) is 0 Å². The Labute approximate surface area is 130 Å². The average molecular weight is 331 g/mol. The molecule has 0 saturated heterocycles. The van der Waals surface area contributed by atoms with Gasteiger partial charge in [-0.25, -0.2) is 4.79 Å². The van der Waals surface area contributed by atoms with Gasteiger partial charge in [-0.15, -0.1) is 0 Å². The average Bonchev–Trinajstić information content (AvgIpc) is 2.37. The molecule has 0 aliphatic carbocycles. The predicted octanol–water partition coefficient (Wildman–Crippen LogP) is 4.87. The van der Waals surface area contributed by atoms with Gasteiger partial charge in [0.15, 0.2) is 0 Å². The summed E-state index contributed by atoms with van der Waals surface area (Å²) in [6, 6.07) is 9.07. The number of nitrogen functional groups attached to an aromatic ring is 1. The van der Waals surface area contributed by atoms with Gasteiger partial charge in [0.05, 0.1) is 22.1 Å². The minimum absolute atomic E-state index is 0.366. The monoisotopic (exact) mass is 329 g/mol. The third-order valence-electron chi connectivity index (χ3n) is 2.44. The number of carbonyl (C=O) groups excluding carboxylic acids is 1. The van der Waals surface area contributed by atoms with Gasteiger partial charge in [0, 0.05) is 10.0 Å². The zero-order chi connectivity index (χ0) is 14.7. The van der Waals surface area contributed by atoms with Crippen LogP contribution in [0, 0.1) is 0 Å². The fraction of sp³-hybridized carbons (Fsp3) is 0. The van der Waals surface area contributed by atoms with Crippen molar-refractivity contribution >= 4 is 57.9 Å². The summed E-state index contributed by atoms with van der Waals surface area (Å²) in [5, 5.41) is 6.53. The van der Waals surface area contributed by atoms with Crippen LogP contribution in [0.2, 0.25) is 15.1 Å². The van der Waals surface area contributed by atoms with Gasteiger partial charge in [0.25, 0.3) is 0 Å². The number of anilines is 3. The minimum Gasteiger partial charge on any atom is -0.397 e. The summed E-state index contributed by atoms with van der Waals surface area (Å²) >= 11 is 17.6. The molecule has 2 amide bonds. The number of benzene rings is 2. The molecule has 0 fully saturated rings. The van der Waals surface area contributed by atoms with Crippen molar-refractivity contribution in [1.82, 2.24) is 0 Å². The second-order valence-corrected chi connectivity index (χ2v) is 5.21. The fourth-order valence-corrected chi connectivity index (χ4v) is 2.03. The Morgan fingerprint density at radius 3 is 2.20 bits per heavy atom. The number of nitrogens with two attached hydrogens (primary N) is 1. The van der Waals surface area contributed by atoms with Gasteiger partial charge in [-0.1, -0.05) is 34.8 Å². The summed E-state index contributed by atoms with van der Waals surface area (Å²) in [6.45, 7) is 0. The van der Waals surface area contributed by atoms with Gasteiger partial charge in [0.2, 0.25) is 0 Å². The minimum atomic E-state index is -0.483. The molecule has 7 heteroatoms. The van der Waals surface area contributed by atoms with E-state index in [0.717, 1.165) is 0 Å². The zero-order valence-corrected chi connectivity index (χ0v) is 12.4. The first-order chi connectivity index (χ1) is 9.45. The maximum Gasteiger partial charge on any atom is 0.323 e. The van der Waals surface area contributed by atoms with E-state index >= 15 is 0 Å². The number of hydrogen-bond acceptors (Lipinski definition) is 2. The van der Waals surface area contributed by atoms with E-state index < -0.39 is 6.03 Å². The van der Waals surface area contributed by atoms with Gasteiger partial charge in [-0.3, -0.25) is 0 Å². The second kappa shape index (κ2) is 6.22. The number of carbonyl (C=O) groups is 1. The van der Waals surface area contributed by atoms with Crippen LogP contribution in [0.1, 0.15) is 0 Å². The van der Waals surface area contributed by atoms with E-state index in [9.17, 15) is 4.79 Å². The highest BCUT2D eigenvalue weighted by molar-refractivity contribution is 6.35. The van der Waals surface area contributed by atoms with E-state index in [-0.39, 0.29) is 0 Å². The van der Waals surface area contributed by atoms with Crippen molar-refractivity contribution in [3.63, 3.8) is 0 Å². The molecule has 0 aromatic heterocycles. The maximum absolute atomic E-state index is 11.9. The summed E-state index contributed by atoms with van der Waals surface area (Å²) < 4.78 is 0. The fourth-order valence-electron chi connectivity index (χ4n) is 1.52. The van der Waals surface area contributed by atoms with Crippen molar-refractivity contribution in [3.8, 4) is 0 Å². The van der Waals surface area contributed by atoms with Crippen LogP contribution in [0.5, 0.6) is 0 Å². The molecule has 2 aromatic rings. The lowest BCUT2D eigenvalue weighted by Gasteiger charge is -2.11. The van der Waals surface area contributed by atoms with Crippen LogP contribution in [-0.2, 0) is 0 Å². The third-order valence-corrected chi connectivity index (χ3v) is 3.24. The van der Waals surface area contributed by atoms with Crippen molar-refractivity contribution < 1.29 is 4.79 Å². The number of rotatable bonds is 2. The van der Waals surface area contributed by atoms with Gasteiger partial charge in [0.1, 0.15) is 0 Å². The second-order valence-electron chi connectivity index (χ2n) is 3.93. The summed E-state index contributed by atoms with van der Waals surface area (Å²) in [7, 11) is 0. The quantitative estimate of drug-likeness (QED) is 0.687. The Balaban J connectivity index is 2.11. The number of halogens is 3. The van der Waals surface area contributed by atoms with Crippen LogP contribution >= 0.6 is 34.8 Å². The van der Waals surface area contributed by atoms with Crippen molar-refractivity contribution in [2.24, 2.45) is 0 Å². The lowest BCUT2D eigenvalue weighted by Crippen LogP contribution is -2.20. The van der Waals surface area contributed by atoms with Gasteiger partial charge < -0.3 is 16.4 Å². The largest absolute Gasteiger partial charge is 0.397 e. The lowest BCUT2D eigenvalue weighted by atomic mass is 10.2. The first-order valence-corrected chi connectivity index (χ1v) is 6.67. The first kappa shape index (κ1) is 14.8. The highest BCUT2D eigenvalue weighted by Gasteiger charge is 2.08. The number of hydrogen-bond donors (Lipinski definition) is 3. The van der Waals surface area contributed by atoms with E-state index in [4.69, 9.17) is 40.5 Å². The molecular weight excluding hydrogens is 321 g/mol. The molecule has 0 atom stereocenters. The molecule has 0 unspecified atom stereocenters. The van der Waals surface area contributed by atoms with E-state index in [1.165, 1.54) is 0 Å². The van der Waals surface area contributed by atoms with Crippen LogP contribution in [0.25, 0.3) is 0 Å². The molecule has 0 aliphatic heterocycles. The zero-order valence-electron chi connectivity index (χ0n) is 10.1. The summed E-state index contributed by atoms with van der Waals surface area (Å²) in [6.07, 6.45) is 0. The van der Waals surface area contributed by atoms with Crippen molar-refractivity contribution in [1.29, 1.82) is 0 Å². The highest BCUT2D eigenvalue weighted by Crippen LogP contribution is 2.26.